The molecule has 18 heavy (non-hydrogen) atoms. The fourth-order valence-corrected chi connectivity index (χ4v) is 2.44. The van der Waals surface area contributed by atoms with Gasteiger partial charge in [-0.25, -0.2) is 0 Å². The topological polar surface area (TPSA) is 20.2 Å². The minimum Gasteiger partial charge on any atom is -0.388 e. The SMILES string of the molecule is CCCCCCCCC(O)c1ccc(Br)c(Cl)c1. The molecule has 1 unspecified atom stereocenters. The van der Waals surface area contributed by atoms with Crippen LogP contribution in [0.4, 0.5) is 0 Å². The number of aliphatic hydroxyl groups is 1. The van der Waals surface area contributed by atoms with E-state index in [0.717, 1.165) is 22.9 Å². The summed E-state index contributed by atoms with van der Waals surface area (Å²) < 4.78 is 0.875. The molecule has 1 aromatic rings. The Morgan fingerprint density at radius 2 is 1.83 bits per heavy atom. The van der Waals surface area contributed by atoms with Gasteiger partial charge in [-0.15, -0.1) is 0 Å². The Kier molecular flexibility index (Phi) is 7.96. The van der Waals surface area contributed by atoms with E-state index >= 15 is 0 Å². The Morgan fingerprint density at radius 1 is 1.17 bits per heavy atom. The lowest BCUT2D eigenvalue weighted by atomic mass is 10.0. The van der Waals surface area contributed by atoms with Crippen LogP contribution in [0.1, 0.15) is 63.5 Å². The second-order valence-corrected chi connectivity index (χ2v) is 6.01. The predicted octanol–water partition coefficient (Wildman–Crippen LogP) is 5.89. The molecule has 102 valence electrons. The number of hydrogen-bond donors (Lipinski definition) is 1. The first-order valence-electron chi connectivity index (χ1n) is 6.78. The van der Waals surface area contributed by atoms with Crippen molar-refractivity contribution in [3.05, 3.63) is 33.3 Å². The van der Waals surface area contributed by atoms with Gasteiger partial charge in [-0.2, -0.15) is 0 Å². The molecule has 0 radical (unpaired) electrons. The Bertz CT molecular complexity index is 354. The van der Waals surface area contributed by atoms with Gasteiger partial charge in [0.1, 0.15) is 0 Å². The van der Waals surface area contributed by atoms with Gasteiger partial charge in [-0.1, -0.05) is 63.1 Å². The third kappa shape index (κ3) is 5.73. The van der Waals surface area contributed by atoms with Crippen molar-refractivity contribution in [3.63, 3.8) is 0 Å². The van der Waals surface area contributed by atoms with Crippen molar-refractivity contribution in [1.29, 1.82) is 0 Å². The largest absolute Gasteiger partial charge is 0.388 e. The van der Waals surface area contributed by atoms with Crippen LogP contribution in [0.2, 0.25) is 5.02 Å². The van der Waals surface area contributed by atoms with Crippen molar-refractivity contribution in [2.75, 3.05) is 0 Å². The second-order valence-electron chi connectivity index (χ2n) is 4.75. The number of hydrogen-bond acceptors (Lipinski definition) is 1. The van der Waals surface area contributed by atoms with Gasteiger partial charge in [0, 0.05) is 4.47 Å². The molecule has 0 aliphatic heterocycles. The van der Waals surface area contributed by atoms with Crippen LogP contribution in [0.15, 0.2) is 22.7 Å². The van der Waals surface area contributed by atoms with Crippen molar-refractivity contribution >= 4 is 27.5 Å². The van der Waals surface area contributed by atoms with Gasteiger partial charge >= 0.3 is 0 Å². The summed E-state index contributed by atoms with van der Waals surface area (Å²) in [5, 5.41) is 10.7. The molecule has 0 heterocycles. The Morgan fingerprint density at radius 3 is 2.50 bits per heavy atom. The van der Waals surface area contributed by atoms with E-state index in [9.17, 15) is 5.11 Å². The van der Waals surface area contributed by atoms with Gasteiger partial charge in [-0.3, -0.25) is 0 Å². The van der Waals surface area contributed by atoms with Crippen molar-refractivity contribution in [1.82, 2.24) is 0 Å². The third-order valence-corrected chi connectivity index (χ3v) is 4.39. The summed E-state index contributed by atoms with van der Waals surface area (Å²) >= 11 is 9.37. The molecule has 0 aliphatic rings. The van der Waals surface area contributed by atoms with Crippen LogP contribution in [0.25, 0.3) is 0 Å². The zero-order valence-electron chi connectivity index (χ0n) is 11.0. The molecular formula is C15H22BrClO. The highest BCUT2D eigenvalue weighted by molar-refractivity contribution is 9.10. The van der Waals surface area contributed by atoms with E-state index in [1.807, 2.05) is 18.2 Å². The van der Waals surface area contributed by atoms with Crippen LogP contribution in [-0.4, -0.2) is 5.11 Å². The van der Waals surface area contributed by atoms with E-state index in [1.54, 1.807) is 0 Å². The lowest BCUT2D eigenvalue weighted by Crippen LogP contribution is -1.97. The minimum atomic E-state index is -0.387. The van der Waals surface area contributed by atoms with E-state index in [0.29, 0.717) is 5.02 Å². The Labute approximate surface area is 124 Å². The summed E-state index contributed by atoms with van der Waals surface area (Å²) in [6, 6.07) is 5.66. The zero-order valence-corrected chi connectivity index (χ0v) is 13.3. The molecule has 0 amide bonds. The highest BCUT2D eigenvalue weighted by Gasteiger charge is 2.08. The van der Waals surface area contributed by atoms with E-state index in [2.05, 4.69) is 22.9 Å². The van der Waals surface area contributed by atoms with Crippen LogP contribution in [0.3, 0.4) is 0 Å². The zero-order chi connectivity index (χ0) is 13.4. The molecular weight excluding hydrogens is 312 g/mol. The van der Waals surface area contributed by atoms with Gasteiger partial charge < -0.3 is 5.11 Å². The van der Waals surface area contributed by atoms with E-state index in [1.165, 1.54) is 32.1 Å². The van der Waals surface area contributed by atoms with Gasteiger partial charge in [-0.05, 0) is 40.0 Å². The van der Waals surface area contributed by atoms with Crippen molar-refractivity contribution in [2.24, 2.45) is 0 Å². The molecule has 1 rings (SSSR count). The van der Waals surface area contributed by atoms with E-state index in [4.69, 9.17) is 11.6 Å². The number of unbranched alkanes of at least 4 members (excludes halogenated alkanes) is 5. The van der Waals surface area contributed by atoms with Gasteiger partial charge in [0.05, 0.1) is 11.1 Å². The number of rotatable bonds is 8. The molecule has 1 aromatic carbocycles. The summed E-state index contributed by atoms with van der Waals surface area (Å²) in [6.45, 7) is 2.22. The fraction of sp³-hybridized carbons (Fsp3) is 0.600. The first-order valence-corrected chi connectivity index (χ1v) is 7.95. The average Bonchev–Trinajstić information content (AvgIpc) is 2.36. The summed E-state index contributed by atoms with van der Waals surface area (Å²) in [4.78, 5) is 0. The molecule has 0 spiro atoms. The van der Waals surface area contributed by atoms with Gasteiger partial charge in [0.15, 0.2) is 0 Å². The van der Waals surface area contributed by atoms with E-state index < -0.39 is 0 Å². The minimum absolute atomic E-state index is 0.387. The van der Waals surface area contributed by atoms with Crippen LogP contribution < -0.4 is 0 Å². The summed E-state index contributed by atoms with van der Waals surface area (Å²) in [5.41, 5.74) is 0.914. The van der Waals surface area contributed by atoms with E-state index in [-0.39, 0.29) is 6.10 Å². The van der Waals surface area contributed by atoms with Gasteiger partial charge in [0.25, 0.3) is 0 Å². The van der Waals surface area contributed by atoms with Crippen molar-refractivity contribution in [3.8, 4) is 0 Å². The summed E-state index contributed by atoms with van der Waals surface area (Å²) in [6.07, 6.45) is 7.93. The number of benzene rings is 1. The molecule has 1 N–H and O–H groups in total. The molecule has 1 atom stereocenters. The van der Waals surface area contributed by atoms with Crippen LogP contribution in [0.5, 0.6) is 0 Å². The normalized spacial score (nSPS) is 12.7. The number of aliphatic hydroxyl groups excluding tert-OH is 1. The highest BCUT2D eigenvalue weighted by Crippen LogP contribution is 2.28. The molecule has 0 saturated heterocycles. The maximum absolute atomic E-state index is 10.1. The fourth-order valence-electron chi connectivity index (χ4n) is 2.00. The molecule has 3 heteroatoms. The lowest BCUT2D eigenvalue weighted by Gasteiger charge is -2.11. The first-order chi connectivity index (χ1) is 8.65. The molecule has 0 aliphatic carbocycles. The summed E-state index contributed by atoms with van der Waals surface area (Å²) in [5.74, 6) is 0. The standard InChI is InChI=1S/C15H22BrClO/c1-2-3-4-5-6-7-8-15(18)12-9-10-13(16)14(17)11-12/h9-11,15,18H,2-8H2,1H3. The highest BCUT2D eigenvalue weighted by atomic mass is 79.9. The predicted molar refractivity (Wildman–Crippen MR) is 82.1 cm³/mol. The van der Waals surface area contributed by atoms with Crippen LogP contribution >= 0.6 is 27.5 Å². The van der Waals surface area contributed by atoms with Gasteiger partial charge in [0.2, 0.25) is 0 Å². The van der Waals surface area contributed by atoms with Crippen molar-refractivity contribution in [2.45, 2.75) is 58.0 Å². The Hall–Kier alpha value is -0.0500. The maximum Gasteiger partial charge on any atom is 0.0790 e. The third-order valence-electron chi connectivity index (χ3n) is 3.16. The molecule has 0 aromatic heterocycles. The first kappa shape index (κ1) is 16.0. The monoisotopic (exact) mass is 332 g/mol. The molecule has 0 fully saturated rings. The van der Waals surface area contributed by atoms with Crippen LogP contribution in [0, 0.1) is 0 Å². The quantitative estimate of drug-likeness (QED) is 0.588. The molecule has 1 nitrogen and oxygen atoms in total. The smallest absolute Gasteiger partial charge is 0.0790 e. The molecule has 0 saturated carbocycles. The van der Waals surface area contributed by atoms with Crippen LogP contribution in [-0.2, 0) is 0 Å². The summed E-state index contributed by atoms with van der Waals surface area (Å²) in [7, 11) is 0. The maximum atomic E-state index is 10.1. The lowest BCUT2D eigenvalue weighted by molar-refractivity contribution is 0.163. The Balaban J connectivity index is 2.27. The molecule has 0 bridgehead atoms. The van der Waals surface area contributed by atoms with Crippen molar-refractivity contribution < 1.29 is 5.11 Å². The second kappa shape index (κ2) is 8.95. The average molecular weight is 334 g/mol. The number of halogens is 2.